The summed E-state index contributed by atoms with van der Waals surface area (Å²) in [7, 11) is 1.70. The number of hydrogen-bond donors (Lipinski definition) is 1. The van der Waals surface area contributed by atoms with Crippen molar-refractivity contribution in [3.63, 3.8) is 0 Å². The monoisotopic (exact) mass is 200 g/mol. The highest BCUT2D eigenvalue weighted by molar-refractivity contribution is 7.13. The molecule has 0 unspecified atom stereocenters. The molecule has 0 aliphatic carbocycles. The maximum atomic E-state index is 5.10. The Hall–Kier alpha value is -0.610. The first-order chi connectivity index (χ1) is 6.03. The molecule has 0 spiro atoms. The van der Waals surface area contributed by atoms with Gasteiger partial charge in [0.2, 0.25) is 0 Å². The van der Waals surface area contributed by atoms with Crippen LogP contribution in [-0.4, -0.2) is 24.2 Å². The van der Waals surface area contributed by atoms with E-state index in [1.165, 1.54) is 0 Å². The van der Waals surface area contributed by atoms with Gasteiger partial charge in [0.25, 0.3) is 0 Å². The van der Waals surface area contributed by atoms with E-state index in [1.807, 2.05) is 12.3 Å². The van der Waals surface area contributed by atoms with E-state index in [1.54, 1.807) is 18.4 Å². The Kier molecular flexibility index (Phi) is 3.27. The molecule has 0 aliphatic rings. The summed E-state index contributed by atoms with van der Waals surface area (Å²) in [6.45, 7) is 6.84. The highest BCUT2D eigenvalue weighted by Crippen LogP contribution is 2.19. The fraction of sp³-hybridized carbons (Fsp3) is 0.667. The van der Waals surface area contributed by atoms with Crippen LogP contribution in [-0.2, 0) is 4.74 Å². The molecule has 4 heteroatoms. The van der Waals surface area contributed by atoms with E-state index < -0.39 is 0 Å². The van der Waals surface area contributed by atoms with Crippen molar-refractivity contribution in [3.8, 4) is 0 Å². The summed E-state index contributed by atoms with van der Waals surface area (Å²) in [4.78, 5) is 4.33. The molecule has 0 saturated heterocycles. The van der Waals surface area contributed by atoms with Crippen molar-refractivity contribution in [2.24, 2.45) is 0 Å². The second kappa shape index (κ2) is 4.07. The molecule has 0 fully saturated rings. The van der Waals surface area contributed by atoms with Crippen molar-refractivity contribution in [2.45, 2.75) is 26.3 Å². The van der Waals surface area contributed by atoms with Crippen molar-refractivity contribution >= 4 is 16.5 Å². The zero-order valence-electron chi connectivity index (χ0n) is 8.55. The fourth-order valence-electron chi connectivity index (χ4n) is 1.10. The average molecular weight is 200 g/mol. The summed E-state index contributed by atoms with van der Waals surface area (Å²) in [6, 6.07) is 0. The molecule has 0 amide bonds. The first-order valence-corrected chi connectivity index (χ1v) is 5.11. The summed E-state index contributed by atoms with van der Waals surface area (Å²) in [5.74, 6) is 0. The van der Waals surface area contributed by atoms with E-state index in [9.17, 15) is 0 Å². The van der Waals surface area contributed by atoms with E-state index >= 15 is 0 Å². The molecule has 0 aromatic carbocycles. The first kappa shape index (κ1) is 10.5. The third-order valence-corrected chi connectivity index (χ3v) is 2.45. The van der Waals surface area contributed by atoms with Gasteiger partial charge in [-0.2, -0.15) is 0 Å². The van der Waals surface area contributed by atoms with Crippen molar-refractivity contribution in [1.82, 2.24) is 4.98 Å². The van der Waals surface area contributed by atoms with Gasteiger partial charge in [0.15, 0.2) is 5.13 Å². The second-order valence-electron chi connectivity index (χ2n) is 3.74. The van der Waals surface area contributed by atoms with Crippen LogP contribution in [0.2, 0.25) is 0 Å². The Morgan fingerprint density at radius 2 is 2.31 bits per heavy atom. The quantitative estimate of drug-likeness (QED) is 0.809. The minimum atomic E-state index is -0.0565. The number of ether oxygens (including phenoxy) is 1. The largest absolute Gasteiger partial charge is 0.382 e. The SMILES string of the molecule is COCC(C)(C)Nc1nc(C)cs1. The van der Waals surface area contributed by atoms with Crippen LogP contribution in [0.5, 0.6) is 0 Å². The molecule has 1 aromatic heterocycles. The molecule has 1 heterocycles. The zero-order chi connectivity index (χ0) is 9.90. The summed E-state index contributed by atoms with van der Waals surface area (Å²) in [5.41, 5.74) is 1.000. The highest BCUT2D eigenvalue weighted by atomic mass is 32.1. The van der Waals surface area contributed by atoms with Crippen LogP contribution in [0.25, 0.3) is 0 Å². The molecule has 74 valence electrons. The predicted octanol–water partition coefficient (Wildman–Crippen LogP) is 2.29. The number of rotatable bonds is 4. The molecule has 0 radical (unpaired) electrons. The molecule has 0 aliphatic heterocycles. The Morgan fingerprint density at radius 1 is 1.62 bits per heavy atom. The number of aryl methyl sites for hydroxylation is 1. The second-order valence-corrected chi connectivity index (χ2v) is 4.59. The summed E-state index contributed by atoms with van der Waals surface area (Å²) in [6.07, 6.45) is 0. The molecule has 1 aromatic rings. The molecular weight excluding hydrogens is 184 g/mol. The topological polar surface area (TPSA) is 34.1 Å². The van der Waals surface area contributed by atoms with E-state index in [0.717, 1.165) is 10.8 Å². The van der Waals surface area contributed by atoms with Gasteiger partial charge < -0.3 is 10.1 Å². The number of nitrogens with zero attached hydrogens (tertiary/aromatic N) is 1. The van der Waals surface area contributed by atoms with Gasteiger partial charge in [-0.05, 0) is 20.8 Å². The molecule has 0 saturated carbocycles. The Balaban J connectivity index is 2.57. The Bertz CT molecular complexity index is 270. The zero-order valence-corrected chi connectivity index (χ0v) is 9.36. The van der Waals surface area contributed by atoms with Crippen LogP contribution in [0.3, 0.4) is 0 Å². The van der Waals surface area contributed by atoms with Crippen LogP contribution < -0.4 is 5.32 Å². The number of aromatic nitrogens is 1. The maximum Gasteiger partial charge on any atom is 0.183 e. The van der Waals surface area contributed by atoms with Gasteiger partial charge in [0.1, 0.15) is 0 Å². The van der Waals surface area contributed by atoms with Gasteiger partial charge in [-0.3, -0.25) is 0 Å². The molecule has 13 heavy (non-hydrogen) atoms. The Labute approximate surface area is 83.1 Å². The van der Waals surface area contributed by atoms with E-state index in [0.29, 0.717) is 6.61 Å². The van der Waals surface area contributed by atoms with Crippen LogP contribution >= 0.6 is 11.3 Å². The summed E-state index contributed by atoms with van der Waals surface area (Å²) < 4.78 is 5.10. The van der Waals surface area contributed by atoms with Crippen molar-refractivity contribution < 1.29 is 4.74 Å². The smallest absolute Gasteiger partial charge is 0.183 e. The fourth-order valence-corrected chi connectivity index (χ4v) is 1.96. The average Bonchev–Trinajstić information content (AvgIpc) is 2.34. The molecule has 0 bridgehead atoms. The number of anilines is 1. The third kappa shape index (κ3) is 3.32. The number of hydrogen-bond acceptors (Lipinski definition) is 4. The third-order valence-electron chi connectivity index (χ3n) is 1.57. The highest BCUT2D eigenvalue weighted by Gasteiger charge is 2.18. The van der Waals surface area contributed by atoms with Gasteiger partial charge in [0.05, 0.1) is 17.8 Å². The van der Waals surface area contributed by atoms with Crippen LogP contribution in [0.15, 0.2) is 5.38 Å². The van der Waals surface area contributed by atoms with E-state index in [4.69, 9.17) is 4.74 Å². The molecule has 0 atom stereocenters. The summed E-state index contributed by atoms with van der Waals surface area (Å²) in [5, 5.41) is 6.31. The molecule has 1 rings (SSSR count). The molecule has 1 N–H and O–H groups in total. The summed E-state index contributed by atoms with van der Waals surface area (Å²) >= 11 is 1.62. The van der Waals surface area contributed by atoms with Gasteiger partial charge in [-0.25, -0.2) is 4.98 Å². The van der Waals surface area contributed by atoms with Gasteiger partial charge in [0, 0.05) is 12.5 Å². The maximum absolute atomic E-state index is 5.10. The lowest BCUT2D eigenvalue weighted by Crippen LogP contribution is -2.35. The van der Waals surface area contributed by atoms with Gasteiger partial charge in [-0.15, -0.1) is 11.3 Å². The normalized spacial score (nSPS) is 11.7. The van der Waals surface area contributed by atoms with Gasteiger partial charge in [-0.1, -0.05) is 0 Å². The predicted molar refractivity (Wildman–Crippen MR) is 56.4 cm³/mol. The minimum Gasteiger partial charge on any atom is -0.382 e. The van der Waals surface area contributed by atoms with E-state index in [2.05, 4.69) is 24.1 Å². The van der Waals surface area contributed by atoms with Crippen molar-refractivity contribution in [2.75, 3.05) is 19.0 Å². The standard InChI is InChI=1S/C9H16N2OS/c1-7-5-13-8(10-7)11-9(2,3)6-12-4/h5H,6H2,1-4H3,(H,10,11). The number of thiazole rings is 1. The van der Waals surface area contributed by atoms with Crippen LogP contribution in [0, 0.1) is 6.92 Å². The van der Waals surface area contributed by atoms with Crippen molar-refractivity contribution in [3.05, 3.63) is 11.1 Å². The van der Waals surface area contributed by atoms with E-state index in [-0.39, 0.29) is 5.54 Å². The minimum absolute atomic E-state index is 0.0565. The van der Waals surface area contributed by atoms with Crippen LogP contribution in [0.1, 0.15) is 19.5 Å². The molecule has 3 nitrogen and oxygen atoms in total. The lowest BCUT2D eigenvalue weighted by atomic mass is 10.1. The van der Waals surface area contributed by atoms with Crippen LogP contribution in [0.4, 0.5) is 5.13 Å². The Morgan fingerprint density at radius 3 is 2.77 bits per heavy atom. The number of methoxy groups -OCH3 is 1. The first-order valence-electron chi connectivity index (χ1n) is 4.23. The number of nitrogens with one attached hydrogen (secondary N) is 1. The molecular formula is C9H16N2OS. The lowest BCUT2D eigenvalue weighted by molar-refractivity contribution is 0.158. The lowest BCUT2D eigenvalue weighted by Gasteiger charge is -2.24. The van der Waals surface area contributed by atoms with Gasteiger partial charge >= 0.3 is 0 Å². The van der Waals surface area contributed by atoms with Crippen molar-refractivity contribution in [1.29, 1.82) is 0 Å².